The van der Waals surface area contributed by atoms with Crippen molar-refractivity contribution in [2.45, 2.75) is 31.8 Å². The molecule has 164 valence electrons. The Morgan fingerprint density at radius 3 is 2.53 bits per heavy atom. The predicted octanol–water partition coefficient (Wildman–Crippen LogP) is 3.74. The van der Waals surface area contributed by atoms with Gasteiger partial charge in [0, 0.05) is 19.8 Å². The fourth-order valence-corrected chi connectivity index (χ4v) is 3.64. The summed E-state index contributed by atoms with van der Waals surface area (Å²) in [5.41, 5.74) is 1.62. The van der Waals surface area contributed by atoms with Gasteiger partial charge < -0.3 is 15.4 Å². The maximum Gasteiger partial charge on any atom is 0.191 e. The number of rotatable bonds is 7. The number of hydrogen-bond donors (Lipinski definition) is 2. The molecule has 1 unspecified atom stereocenters. The van der Waals surface area contributed by atoms with Crippen molar-refractivity contribution in [2.24, 2.45) is 4.99 Å². The van der Waals surface area contributed by atoms with Crippen molar-refractivity contribution in [3.05, 3.63) is 59.7 Å². The molecule has 0 saturated carbocycles. The van der Waals surface area contributed by atoms with E-state index in [9.17, 15) is 4.39 Å². The van der Waals surface area contributed by atoms with Crippen LogP contribution in [0.4, 0.5) is 4.39 Å². The van der Waals surface area contributed by atoms with E-state index in [1.165, 1.54) is 30.9 Å². The van der Waals surface area contributed by atoms with Crippen molar-refractivity contribution in [1.29, 1.82) is 0 Å². The third kappa shape index (κ3) is 6.80. The summed E-state index contributed by atoms with van der Waals surface area (Å²) in [4.78, 5) is 10.9. The standard InChI is InChI=1S/C22H30FN5O.HI/c1-24-22(26-15-20-19(23)7-6-12-25-20)27-16-21(28-13-4-3-5-14-28)17-8-10-18(29-2)11-9-17;/h6-12,21H,3-5,13-16H2,1-2H3,(H2,24,26,27);1H. The minimum absolute atomic E-state index is 0. The van der Waals surface area contributed by atoms with Crippen LogP contribution in [-0.2, 0) is 6.54 Å². The van der Waals surface area contributed by atoms with Crippen LogP contribution in [0.1, 0.15) is 36.6 Å². The summed E-state index contributed by atoms with van der Waals surface area (Å²) in [6.45, 7) is 3.16. The monoisotopic (exact) mass is 527 g/mol. The second-order valence-electron chi connectivity index (χ2n) is 7.12. The number of likely N-dealkylation sites (tertiary alicyclic amines) is 1. The van der Waals surface area contributed by atoms with Crippen LogP contribution in [0.3, 0.4) is 0 Å². The molecule has 0 spiro atoms. The maximum absolute atomic E-state index is 13.8. The zero-order chi connectivity index (χ0) is 20.5. The highest BCUT2D eigenvalue weighted by molar-refractivity contribution is 14.0. The zero-order valence-electron chi connectivity index (χ0n) is 17.6. The van der Waals surface area contributed by atoms with Gasteiger partial charge >= 0.3 is 0 Å². The first kappa shape index (κ1) is 24.3. The van der Waals surface area contributed by atoms with Gasteiger partial charge in [0.15, 0.2) is 5.96 Å². The van der Waals surface area contributed by atoms with Crippen molar-refractivity contribution in [3.63, 3.8) is 0 Å². The van der Waals surface area contributed by atoms with Crippen LogP contribution < -0.4 is 15.4 Å². The van der Waals surface area contributed by atoms with Gasteiger partial charge in [-0.2, -0.15) is 0 Å². The largest absolute Gasteiger partial charge is 0.497 e. The second-order valence-corrected chi connectivity index (χ2v) is 7.12. The molecular formula is C22H31FIN5O. The highest BCUT2D eigenvalue weighted by Gasteiger charge is 2.22. The molecule has 30 heavy (non-hydrogen) atoms. The number of piperidine rings is 1. The first-order chi connectivity index (χ1) is 14.2. The van der Waals surface area contributed by atoms with Gasteiger partial charge in [0.25, 0.3) is 0 Å². The highest BCUT2D eigenvalue weighted by atomic mass is 127. The fraction of sp³-hybridized carbons (Fsp3) is 0.455. The zero-order valence-corrected chi connectivity index (χ0v) is 19.9. The first-order valence-corrected chi connectivity index (χ1v) is 10.1. The molecule has 1 atom stereocenters. The molecular weight excluding hydrogens is 496 g/mol. The van der Waals surface area contributed by atoms with E-state index >= 15 is 0 Å². The average molecular weight is 527 g/mol. The number of halogens is 2. The summed E-state index contributed by atoms with van der Waals surface area (Å²) in [6.07, 6.45) is 5.32. The van der Waals surface area contributed by atoms with E-state index in [1.54, 1.807) is 26.4 Å². The van der Waals surface area contributed by atoms with E-state index in [4.69, 9.17) is 4.74 Å². The number of nitrogens with zero attached hydrogens (tertiary/aromatic N) is 3. The van der Waals surface area contributed by atoms with Crippen LogP contribution in [-0.4, -0.2) is 49.6 Å². The quantitative estimate of drug-likeness (QED) is 0.327. The number of methoxy groups -OCH3 is 1. The van der Waals surface area contributed by atoms with Crippen LogP contribution in [0.15, 0.2) is 47.6 Å². The Morgan fingerprint density at radius 1 is 1.17 bits per heavy atom. The SMILES string of the molecule is CN=C(NCc1ncccc1F)NCC(c1ccc(OC)cc1)N1CCCCC1.I. The van der Waals surface area contributed by atoms with Gasteiger partial charge in [-0.05, 0) is 55.8 Å². The number of aliphatic imine (C=N–C) groups is 1. The number of nitrogens with one attached hydrogen (secondary N) is 2. The Labute approximate surface area is 195 Å². The molecule has 2 N–H and O–H groups in total. The summed E-state index contributed by atoms with van der Waals surface area (Å²) >= 11 is 0. The summed E-state index contributed by atoms with van der Waals surface area (Å²) in [5.74, 6) is 1.17. The van der Waals surface area contributed by atoms with Gasteiger partial charge in [-0.25, -0.2) is 4.39 Å². The number of hydrogen-bond acceptors (Lipinski definition) is 4. The van der Waals surface area contributed by atoms with E-state index in [-0.39, 0.29) is 42.4 Å². The molecule has 2 heterocycles. The molecule has 2 aromatic rings. The highest BCUT2D eigenvalue weighted by Crippen LogP contribution is 2.25. The van der Waals surface area contributed by atoms with Crippen molar-refractivity contribution < 1.29 is 9.13 Å². The smallest absolute Gasteiger partial charge is 0.191 e. The van der Waals surface area contributed by atoms with Crippen LogP contribution >= 0.6 is 24.0 Å². The third-order valence-electron chi connectivity index (χ3n) is 5.28. The molecule has 1 aromatic heterocycles. The van der Waals surface area contributed by atoms with E-state index in [1.807, 2.05) is 12.1 Å². The normalized spacial score (nSPS) is 15.8. The Hall–Kier alpha value is -1.94. The Morgan fingerprint density at radius 2 is 1.90 bits per heavy atom. The molecule has 1 aliphatic heterocycles. The van der Waals surface area contributed by atoms with Crippen molar-refractivity contribution in [3.8, 4) is 5.75 Å². The van der Waals surface area contributed by atoms with Crippen LogP contribution in [0, 0.1) is 5.82 Å². The van der Waals surface area contributed by atoms with Gasteiger partial charge in [0.05, 0.1) is 25.4 Å². The van der Waals surface area contributed by atoms with Crippen LogP contribution in [0.2, 0.25) is 0 Å². The maximum atomic E-state index is 13.8. The van der Waals surface area contributed by atoms with Gasteiger partial charge in [-0.1, -0.05) is 18.6 Å². The van der Waals surface area contributed by atoms with Gasteiger partial charge in [0.2, 0.25) is 0 Å². The number of benzene rings is 1. The molecule has 0 radical (unpaired) electrons. The summed E-state index contributed by atoms with van der Waals surface area (Å²) < 4.78 is 19.1. The van der Waals surface area contributed by atoms with Gasteiger partial charge in [-0.3, -0.25) is 14.9 Å². The lowest BCUT2D eigenvalue weighted by molar-refractivity contribution is 0.164. The molecule has 8 heteroatoms. The first-order valence-electron chi connectivity index (χ1n) is 10.1. The van der Waals surface area contributed by atoms with Gasteiger partial charge in [-0.15, -0.1) is 24.0 Å². The van der Waals surface area contributed by atoms with Crippen LogP contribution in [0.25, 0.3) is 0 Å². The number of guanidine groups is 1. The number of aromatic nitrogens is 1. The van der Waals surface area contributed by atoms with E-state index < -0.39 is 0 Å². The minimum Gasteiger partial charge on any atom is -0.497 e. The Balaban J connectivity index is 0.00000320. The lowest BCUT2D eigenvalue weighted by Crippen LogP contribution is -2.44. The molecule has 0 bridgehead atoms. The lowest BCUT2D eigenvalue weighted by Gasteiger charge is -2.35. The number of pyridine rings is 1. The van der Waals surface area contributed by atoms with Crippen molar-refractivity contribution in [2.75, 3.05) is 33.8 Å². The van der Waals surface area contributed by atoms with Crippen molar-refractivity contribution >= 4 is 29.9 Å². The molecule has 6 nitrogen and oxygen atoms in total. The summed E-state index contributed by atoms with van der Waals surface area (Å²) in [7, 11) is 3.40. The molecule has 1 fully saturated rings. The summed E-state index contributed by atoms with van der Waals surface area (Å²) in [5, 5.41) is 6.55. The van der Waals surface area contributed by atoms with E-state index in [0.29, 0.717) is 18.2 Å². The molecule has 1 aliphatic rings. The fourth-order valence-electron chi connectivity index (χ4n) is 3.64. The van der Waals surface area contributed by atoms with Crippen molar-refractivity contribution in [1.82, 2.24) is 20.5 Å². The van der Waals surface area contributed by atoms with E-state index in [2.05, 4.69) is 37.6 Å². The van der Waals surface area contributed by atoms with E-state index in [0.717, 1.165) is 18.8 Å². The Bertz CT molecular complexity index is 796. The molecule has 1 saturated heterocycles. The average Bonchev–Trinajstić information content (AvgIpc) is 2.78. The second kappa shape index (κ2) is 12.7. The molecule has 3 rings (SSSR count). The predicted molar refractivity (Wildman–Crippen MR) is 129 cm³/mol. The molecule has 1 aromatic carbocycles. The molecule has 0 amide bonds. The minimum atomic E-state index is -0.320. The molecule has 0 aliphatic carbocycles. The van der Waals surface area contributed by atoms with Gasteiger partial charge in [0.1, 0.15) is 11.6 Å². The third-order valence-corrected chi connectivity index (χ3v) is 5.28. The number of ether oxygens (including phenoxy) is 1. The Kier molecular flexibility index (Phi) is 10.3. The summed E-state index contributed by atoms with van der Waals surface area (Å²) in [6, 6.07) is 11.5. The van der Waals surface area contributed by atoms with Crippen LogP contribution in [0.5, 0.6) is 5.75 Å². The topological polar surface area (TPSA) is 61.8 Å². The lowest BCUT2D eigenvalue weighted by atomic mass is 10.0.